The molecule has 0 amide bonds. The third kappa shape index (κ3) is 5.65. The highest BCUT2D eigenvalue weighted by Gasteiger charge is 1.93. The van der Waals surface area contributed by atoms with Crippen molar-refractivity contribution in [3.05, 3.63) is 12.7 Å². The lowest BCUT2D eigenvalue weighted by Crippen LogP contribution is -2.03. The smallest absolute Gasteiger partial charge is 0.330 e. The molecule has 0 unspecified atom stereocenters. The highest BCUT2D eigenvalue weighted by Crippen LogP contribution is 1.87. The normalized spacial score (nSPS) is 8.90. The van der Waals surface area contributed by atoms with Crippen LogP contribution in [0.1, 0.15) is 6.42 Å². The maximum Gasteiger partial charge on any atom is 0.330 e. The summed E-state index contributed by atoms with van der Waals surface area (Å²) < 4.78 is 9.06. The van der Waals surface area contributed by atoms with Crippen LogP contribution in [0.25, 0.3) is 0 Å². The lowest BCUT2D eigenvalue weighted by Gasteiger charge is -1.98. The van der Waals surface area contributed by atoms with Gasteiger partial charge in [0.25, 0.3) is 0 Å². The van der Waals surface area contributed by atoms with Crippen molar-refractivity contribution in [2.45, 2.75) is 6.42 Å². The summed E-state index contributed by atoms with van der Waals surface area (Å²) in [5, 5.41) is 0. The molecule has 0 aliphatic carbocycles. The SMILES string of the molecule is C=CC(=O)OCCCOS. The lowest BCUT2D eigenvalue weighted by molar-refractivity contribution is -0.137. The molecule has 0 rings (SSSR count). The largest absolute Gasteiger partial charge is 0.462 e. The van der Waals surface area contributed by atoms with Gasteiger partial charge in [0, 0.05) is 12.5 Å². The second-order valence-electron chi connectivity index (χ2n) is 1.56. The number of carbonyl (C=O) groups excluding carboxylic acids is 1. The van der Waals surface area contributed by atoms with Crippen LogP contribution >= 0.6 is 12.9 Å². The molecule has 0 aromatic carbocycles. The van der Waals surface area contributed by atoms with Gasteiger partial charge in [0.2, 0.25) is 0 Å². The Morgan fingerprint density at radius 1 is 1.60 bits per heavy atom. The Bertz CT molecular complexity index is 114. The average Bonchev–Trinajstić information content (AvgIpc) is 1.98. The van der Waals surface area contributed by atoms with E-state index in [1.807, 2.05) is 0 Å². The quantitative estimate of drug-likeness (QED) is 0.215. The van der Waals surface area contributed by atoms with Gasteiger partial charge in [-0.1, -0.05) is 6.58 Å². The monoisotopic (exact) mass is 162 g/mol. The molecule has 10 heavy (non-hydrogen) atoms. The fraction of sp³-hybridized carbons (Fsp3) is 0.500. The van der Waals surface area contributed by atoms with Crippen LogP contribution in [-0.2, 0) is 13.7 Å². The summed E-state index contributed by atoms with van der Waals surface area (Å²) in [5.74, 6) is -0.404. The van der Waals surface area contributed by atoms with Gasteiger partial charge in [-0.25, -0.2) is 4.79 Å². The van der Waals surface area contributed by atoms with Crippen LogP contribution < -0.4 is 0 Å². The molecule has 0 saturated heterocycles. The summed E-state index contributed by atoms with van der Waals surface area (Å²) in [6, 6.07) is 0. The average molecular weight is 162 g/mol. The number of hydrogen-bond donors (Lipinski definition) is 1. The first-order valence-corrected chi connectivity index (χ1v) is 3.23. The van der Waals surface area contributed by atoms with Crippen molar-refractivity contribution in [3.8, 4) is 0 Å². The number of carbonyl (C=O) groups is 1. The molecule has 0 aromatic heterocycles. The molecule has 58 valence electrons. The van der Waals surface area contributed by atoms with Gasteiger partial charge >= 0.3 is 5.97 Å². The summed E-state index contributed by atoms with van der Waals surface area (Å²) in [4.78, 5) is 10.4. The Morgan fingerprint density at radius 3 is 2.80 bits per heavy atom. The first kappa shape index (κ1) is 9.52. The zero-order valence-electron chi connectivity index (χ0n) is 5.58. The molecule has 3 nitrogen and oxygen atoms in total. The lowest BCUT2D eigenvalue weighted by atomic mass is 10.5. The predicted octanol–water partition coefficient (Wildman–Crippen LogP) is 0.967. The molecule has 0 radical (unpaired) electrons. The third-order valence-corrected chi connectivity index (χ3v) is 0.974. The Morgan fingerprint density at radius 2 is 2.30 bits per heavy atom. The van der Waals surface area contributed by atoms with E-state index in [0.717, 1.165) is 6.08 Å². The molecule has 0 N–H and O–H groups in total. The van der Waals surface area contributed by atoms with Gasteiger partial charge in [-0.2, -0.15) is 0 Å². The van der Waals surface area contributed by atoms with Crippen LogP contribution in [0.2, 0.25) is 0 Å². The van der Waals surface area contributed by atoms with E-state index in [1.165, 1.54) is 0 Å². The van der Waals surface area contributed by atoms with Crippen LogP contribution in [0, 0.1) is 0 Å². The van der Waals surface area contributed by atoms with Gasteiger partial charge in [0.05, 0.1) is 13.2 Å². The van der Waals surface area contributed by atoms with Crippen LogP contribution in [-0.4, -0.2) is 19.2 Å². The van der Waals surface area contributed by atoms with Crippen molar-refractivity contribution < 1.29 is 13.7 Å². The van der Waals surface area contributed by atoms with Gasteiger partial charge in [0.1, 0.15) is 0 Å². The molecule has 0 aromatic rings. The van der Waals surface area contributed by atoms with Crippen molar-refractivity contribution in [2.24, 2.45) is 0 Å². The molecule has 0 heterocycles. The summed E-state index contributed by atoms with van der Waals surface area (Å²) >= 11 is 3.51. The van der Waals surface area contributed by atoms with Crippen LogP contribution in [0.15, 0.2) is 12.7 Å². The van der Waals surface area contributed by atoms with E-state index in [-0.39, 0.29) is 0 Å². The summed E-state index contributed by atoms with van der Waals surface area (Å²) in [5.41, 5.74) is 0. The Balaban J connectivity index is 3.03. The first-order valence-electron chi connectivity index (χ1n) is 2.87. The van der Waals surface area contributed by atoms with Gasteiger partial charge in [0.15, 0.2) is 0 Å². The molecule has 0 aliphatic rings. The topological polar surface area (TPSA) is 35.5 Å². The highest BCUT2D eigenvalue weighted by atomic mass is 32.1. The Hall–Kier alpha value is -0.480. The van der Waals surface area contributed by atoms with Gasteiger partial charge in [-0.05, 0) is 12.9 Å². The fourth-order valence-electron chi connectivity index (χ4n) is 0.355. The van der Waals surface area contributed by atoms with E-state index in [9.17, 15) is 4.79 Å². The molecule has 0 bridgehead atoms. The van der Waals surface area contributed by atoms with E-state index >= 15 is 0 Å². The van der Waals surface area contributed by atoms with Crippen LogP contribution in [0.5, 0.6) is 0 Å². The first-order chi connectivity index (χ1) is 4.81. The zero-order valence-corrected chi connectivity index (χ0v) is 6.47. The van der Waals surface area contributed by atoms with Crippen LogP contribution in [0.4, 0.5) is 0 Å². The number of hydrogen-bond acceptors (Lipinski definition) is 4. The summed E-state index contributed by atoms with van der Waals surface area (Å²) in [7, 11) is 0. The number of thiol groups is 1. The maximum atomic E-state index is 10.4. The standard InChI is InChI=1S/C6H10O3S/c1-2-6(7)8-4-3-5-9-10/h2,10H,1,3-5H2. The minimum atomic E-state index is -0.404. The van der Waals surface area contributed by atoms with Crippen molar-refractivity contribution in [1.29, 1.82) is 0 Å². The van der Waals surface area contributed by atoms with Crippen molar-refractivity contribution in [1.82, 2.24) is 0 Å². The molecule has 0 fully saturated rings. The van der Waals surface area contributed by atoms with Gasteiger partial charge < -0.3 is 8.92 Å². The molecular formula is C6H10O3S. The molecule has 0 aliphatic heterocycles. The molecule has 4 heteroatoms. The highest BCUT2D eigenvalue weighted by molar-refractivity contribution is 7.75. The molecular weight excluding hydrogens is 152 g/mol. The number of rotatable bonds is 5. The number of esters is 1. The molecule has 0 atom stereocenters. The summed E-state index contributed by atoms with van der Waals surface area (Å²) in [6.07, 6.45) is 1.78. The maximum absolute atomic E-state index is 10.4. The Labute approximate surface area is 65.6 Å². The molecule has 0 spiro atoms. The van der Waals surface area contributed by atoms with Gasteiger partial charge in [-0.3, -0.25) is 0 Å². The fourth-order valence-corrected chi connectivity index (χ4v) is 0.484. The second-order valence-corrected chi connectivity index (χ2v) is 1.82. The minimum absolute atomic E-state index is 0.353. The molecule has 0 saturated carbocycles. The van der Waals surface area contributed by atoms with Crippen molar-refractivity contribution in [3.63, 3.8) is 0 Å². The van der Waals surface area contributed by atoms with E-state index in [1.54, 1.807) is 0 Å². The van der Waals surface area contributed by atoms with E-state index in [4.69, 9.17) is 0 Å². The van der Waals surface area contributed by atoms with E-state index in [0.29, 0.717) is 19.6 Å². The van der Waals surface area contributed by atoms with Crippen LogP contribution in [0.3, 0.4) is 0 Å². The van der Waals surface area contributed by atoms with E-state index in [2.05, 4.69) is 28.4 Å². The zero-order chi connectivity index (χ0) is 7.82. The summed E-state index contributed by atoms with van der Waals surface area (Å²) in [6.45, 7) is 4.07. The second kappa shape index (κ2) is 6.64. The Kier molecular flexibility index (Phi) is 6.32. The van der Waals surface area contributed by atoms with Gasteiger partial charge in [-0.15, -0.1) is 0 Å². The predicted molar refractivity (Wildman–Crippen MR) is 40.7 cm³/mol. The minimum Gasteiger partial charge on any atom is -0.462 e. The van der Waals surface area contributed by atoms with Crippen molar-refractivity contribution in [2.75, 3.05) is 13.2 Å². The third-order valence-electron chi connectivity index (χ3n) is 0.791. The van der Waals surface area contributed by atoms with Crippen molar-refractivity contribution >= 4 is 18.9 Å². The van der Waals surface area contributed by atoms with E-state index < -0.39 is 5.97 Å². The number of ether oxygens (including phenoxy) is 1.